The molecule has 6 nitrogen and oxygen atoms in total. The smallest absolute Gasteiger partial charge is 0.182 e. The number of benzene rings is 1. The van der Waals surface area contributed by atoms with E-state index in [4.69, 9.17) is 5.73 Å². The van der Waals surface area contributed by atoms with E-state index in [-0.39, 0.29) is 0 Å². The van der Waals surface area contributed by atoms with Crippen molar-refractivity contribution < 1.29 is 0 Å². The fourth-order valence-electron chi connectivity index (χ4n) is 1.97. The Kier molecular flexibility index (Phi) is 3.47. The highest BCUT2D eigenvalue weighted by Crippen LogP contribution is 2.17. The van der Waals surface area contributed by atoms with Gasteiger partial charge in [0.2, 0.25) is 0 Å². The number of rotatable bonds is 4. The van der Waals surface area contributed by atoms with Crippen molar-refractivity contribution in [1.82, 2.24) is 25.2 Å². The Morgan fingerprint density at radius 3 is 2.40 bits per heavy atom. The van der Waals surface area contributed by atoms with Gasteiger partial charge in [-0.2, -0.15) is 0 Å². The molecule has 0 saturated carbocycles. The average molecular weight is 266 g/mol. The zero-order valence-corrected chi connectivity index (χ0v) is 10.8. The van der Waals surface area contributed by atoms with Gasteiger partial charge in [0.05, 0.1) is 6.54 Å². The van der Waals surface area contributed by atoms with Crippen LogP contribution in [0.15, 0.2) is 48.8 Å². The van der Waals surface area contributed by atoms with Gasteiger partial charge in [-0.3, -0.25) is 4.98 Å². The van der Waals surface area contributed by atoms with Crippen LogP contribution in [0, 0.1) is 0 Å². The maximum Gasteiger partial charge on any atom is 0.182 e. The molecule has 0 amide bonds. The van der Waals surface area contributed by atoms with Crippen LogP contribution in [0.3, 0.4) is 0 Å². The van der Waals surface area contributed by atoms with Crippen LogP contribution >= 0.6 is 0 Å². The van der Waals surface area contributed by atoms with Crippen LogP contribution in [0.2, 0.25) is 0 Å². The maximum absolute atomic E-state index is 5.60. The molecule has 100 valence electrons. The SMILES string of the molecule is NCc1ccc(-c2nnnn2Cc2ccncc2)cc1. The number of hydrogen-bond donors (Lipinski definition) is 1. The maximum atomic E-state index is 5.60. The highest BCUT2D eigenvalue weighted by molar-refractivity contribution is 5.55. The fourth-order valence-corrected chi connectivity index (χ4v) is 1.97. The fraction of sp³-hybridized carbons (Fsp3) is 0.143. The first-order valence-electron chi connectivity index (χ1n) is 6.31. The van der Waals surface area contributed by atoms with E-state index >= 15 is 0 Å². The Morgan fingerprint density at radius 2 is 1.70 bits per heavy atom. The van der Waals surface area contributed by atoms with Crippen LogP contribution in [0.1, 0.15) is 11.1 Å². The third-order valence-electron chi connectivity index (χ3n) is 3.06. The van der Waals surface area contributed by atoms with E-state index in [2.05, 4.69) is 20.5 Å². The summed E-state index contributed by atoms with van der Waals surface area (Å²) in [5, 5.41) is 11.9. The summed E-state index contributed by atoms with van der Waals surface area (Å²) in [7, 11) is 0. The first-order chi connectivity index (χ1) is 9.86. The second-order valence-corrected chi connectivity index (χ2v) is 4.42. The van der Waals surface area contributed by atoms with Crippen LogP contribution in [-0.2, 0) is 13.1 Å². The number of hydrogen-bond acceptors (Lipinski definition) is 5. The molecule has 2 aromatic heterocycles. The average Bonchev–Trinajstić information content (AvgIpc) is 2.96. The normalized spacial score (nSPS) is 10.7. The third kappa shape index (κ3) is 2.55. The van der Waals surface area contributed by atoms with Crippen LogP contribution in [0.25, 0.3) is 11.4 Å². The lowest BCUT2D eigenvalue weighted by molar-refractivity contribution is 0.653. The molecule has 0 aliphatic carbocycles. The molecule has 3 aromatic rings. The summed E-state index contributed by atoms with van der Waals surface area (Å²) in [4.78, 5) is 4.00. The van der Waals surface area contributed by atoms with Gasteiger partial charge in [-0.25, -0.2) is 4.68 Å². The second-order valence-electron chi connectivity index (χ2n) is 4.42. The second kappa shape index (κ2) is 5.58. The Labute approximate surface area is 116 Å². The van der Waals surface area contributed by atoms with Crippen molar-refractivity contribution in [3.63, 3.8) is 0 Å². The molecule has 20 heavy (non-hydrogen) atoms. The highest BCUT2D eigenvalue weighted by atomic mass is 15.5. The standard InChI is InChI=1S/C14H14N6/c15-9-11-1-3-13(4-2-11)14-17-18-19-20(14)10-12-5-7-16-8-6-12/h1-8H,9-10,15H2. The van der Waals surface area contributed by atoms with Crippen LogP contribution in [-0.4, -0.2) is 25.2 Å². The van der Waals surface area contributed by atoms with Gasteiger partial charge in [0.25, 0.3) is 0 Å². The van der Waals surface area contributed by atoms with Gasteiger partial charge < -0.3 is 5.73 Å². The van der Waals surface area contributed by atoms with E-state index in [1.165, 1.54) is 0 Å². The predicted molar refractivity (Wildman–Crippen MR) is 74.5 cm³/mol. The van der Waals surface area contributed by atoms with Crippen LogP contribution < -0.4 is 5.73 Å². The van der Waals surface area contributed by atoms with Crippen LogP contribution in [0.5, 0.6) is 0 Å². The van der Waals surface area contributed by atoms with E-state index in [1.54, 1.807) is 17.1 Å². The largest absolute Gasteiger partial charge is 0.326 e. The third-order valence-corrected chi connectivity index (χ3v) is 3.06. The summed E-state index contributed by atoms with van der Waals surface area (Å²) in [6.07, 6.45) is 3.52. The molecular formula is C14H14N6. The van der Waals surface area contributed by atoms with Gasteiger partial charge in [0, 0.05) is 24.5 Å². The predicted octanol–water partition coefficient (Wildman–Crippen LogP) is 1.24. The van der Waals surface area contributed by atoms with Crippen molar-refractivity contribution in [2.45, 2.75) is 13.1 Å². The number of aromatic nitrogens is 5. The number of nitrogens with zero attached hydrogens (tertiary/aromatic N) is 5. The van der Waals surface area contributed by atoms with Gasteiger partial charge in [-0.05, 0) is 33.7 Å². The van der Waals surface area contributed by atoms with E-state index in [1.807, 2.05) is 36.4 Å². The minimum absolute atomic E-state index is 0.530. The van der Waals surface area contributed by atoms with Gasteiger partial charge in [0.15, 0.2) is 5.82 Å². The molecule has 1 aromatic carbocycles. The molecule has 0 spiro atoms. The van der Waals surface area contributed by atoms with E-state index in [0.717, 1.165) is 22.5 Å². The summed E-state index contributed by atoms with van der Waals surface area (Å²) in [6.45, 7) is 1.14. The first-order valence-corrected chi connectivity index (χ1v) is 6.31. The molecule has 0 aliphatic rings. The molecule has 2 heterocycles. The lowest BCUT2D eigenvalue weighted by Crippen LogP contribution is -2.04. The molecule has 0 fully saturated rings. The molecule has 0 aliphatic heterocycles. The van der Waals surface area contributed by atoms with Crippen molar-refractivity contribution in [1.29, 1.82) is 0 Å². The lowest BCUT2D eigenvalue weighted by Gasteiger charge is -2.05. The van der Waals surface area contributed by atoms with E-state index in [9.17, 15) is 0 Å². The van der Waals surface area contributed by atoms with Crippen molar-refractivity contribution in [3.8, 4) is 11.4 Å². The summed E-state index contributed by atoms with van der Waals surface area (Å²) in [5.41, 5.74) is 8.76. The van der Waals surface area contributed by atoms with E-state index < -0.39 is 0 Å². The minimum atomic E-state index is 0.530. The topological polar surface area (TPSA) is 82.5 Å². The summed E-state index contributed by atoms with van der Waals surface area (Å²) < 4.78 is 1.77. The van der Waals surface area contributed by atoms with Crippen molar-refractivity contribution in [2.24, 2.45) is 5.73 Å². The first kappa shape index (κ1) is 12.4. The molecule has 2 N–H and O–H groups in total. The zero-order chi connectivity index (χ0) is 13.8. The monoisotopic (exact) mass is 266 g/mol. The Hall–Kier alpha value is -2.60. The molecule has 3 rings (SSSR count). The summed E-state index contributed by atoms with van der Waals surface area (Å²) in [5.74, 6) is 0.741. The van der Waals surface area contributed by atoms with Gasteiger partial charge >= 0.3 is 0 Å². The Morgan fingerprint density at radius 1 is 0.950 bits per heavy atom. The molecule has 0 saturated heterocycles. The number of tetrazole rings is 1. The Bertz CT molecular complexity index is 674. The highest BCUT2D eigenvalue weighted by Gasteiger charge is 2.09. The minimum Gasteiger partial charge on any atom is -0.326 e. The zero-order valence-electron chi connectivity index (χ0n) is 10.8. The molecule has 6 heteroatoms. The molecular weight excluding hydrogens is 252 g/mol. The lowest BCUT2D eigenvalue weighted by atomic mass is 10.1. The molecule has 0 atom stereocenters. The summed E-state index contributed by atoms with van der Waals surface area (Å²) >= 11 is 0. The van der Waals surface area contributed by atoms with Gasteiger partial charge in [-0.15, -0.1) is 5.10 Å². The quantitative estimate of drug-likeness (QED) is 0.768. The Balaban J connectivity index is 1.89. The van der Waals surface area contributed by atoms with Crippen molar-refractivity contribution in [3.05, 3.63) is 59.9 Å². The van der Waals surface area contributed by atoms with E-state index in [0.29, 0.717) is 13.1 Å². The van der Waals surface area contributed by atoms with Gasteiger partial charge in [0.1, 0.15) is 0 Å². The van der Waals surface area contributed by atoms with Crippen molar-refractivity contribution >= 4 is 0 Å². The number of nitrogens with two attached hydrogens (primary N) is 1. The van der Waals surface area contributed by atoms with Crippen molar-refractivity contribution in [2.75, 3.05) is 0 Å². The molecule has 0 unspecified atom stereocenters. The molecule has 0 radical (unpaired) electrons. The number of pyridine rings is 1. The summed E-state index contributed by atoms with van der Waals surface area (Å²) in [6, 6.07) is 11.8. The van der Waals surface area contributed by atoms with Crippen LogP contribution in [0.4, 0.5) is 0 Å². The molecule has 0 bridgehead atoms. The van der Waals surface area contributed by atoms with Gasteiger partial charge in [-0.1, -0.05) is 24.3 Å².